The first-order chi connectivity index (χ1) is 16.0. The predicted molar refractivity (Wildman–Crippen MR) is 125 cm³/mol. The van der Waals surface area contributed by atoms with Gasteiger partial charge in [-0.3, -0.25) is 4.79 Å². The summed E-state index contributed by atoms with van der Waals surface area (Å²) >= 11 is 0. The van der Waals surface area contributed by atoms with E-state index < -0.39 is 10.0 Å². The largest absolute Gasteiger partial charge is 0.486 e. The summed E-state index contributed by atoms with van der Waals surface area (Å²) < 4.78 is 39.3. The molecule has 1 aliphatic rings. The fourth-order valence-corrected chi connectivity index (χ4v) is 4.66. The Morgan fingerprint density at radius 3 is 2.45 bits per heavy atom. The molecule has 4 rings (SSSR count). The third-order valence-electron chi connectivity index (χ3n) is 5.40. The number of rotatable bonds is 8. The van der Waals surface area contributed by atoms with Crippen LogP contribution in [-0.2, 0) is 16.6 Å². The molecule has 0 radical (unpaired) electrons. The van der Waals surface area contributed by atoms with Crippen molar-refractivity contribution in [1.29, 1.82) is 0 Å². The van der Waals surface area contributed by atoms with Gasteiger partial charge in [0.15, 0.2) is 11.5 Å². The fraction of sp³-hybridized carbons (Fsp3) is 0.240. The van der Waals surface area contributed by atoms with E-state index in [2.05, 4.69) is 10.0 Å². The second-order valence-corrected chi connectivity index (χ2v) is 9.44. The van der Waals surface area contributed by atoms with Gasteiger partial charge >= 0.3 is 0 Å². The minimum Gasteiger partial charge on any atom is -0.486 e. The predicted octanol–water partition coefficient (Wildman–Crippen LogP) is 3.82. The molecule has 1 heterocycles. The highest BCUT2D eigenvalue weighted by Crippen LogP contribution is 2.33. The molecule has 0 fully saturated rings. The SMILES string of the molecule is CCC(NC(=O)c1cccc(S(=O)(=O)NCc2ccccc2)c1)c1ccc2c(c1)OCCO2. The summed E-state index contributed by atoms with van der Waals surface area (Å²) in [7, 11) is -3.77. The highest BCUT2D eigenvalue weighted by Gasteiger charge is 2.20. The Bertz CT molecular complexity index is 1230. The highest BCUT2D eigenvalue weighted by molar-refractivity contribution is 7.89. The van der Waals surface area contributed by atoms with Crippen LogP contribution in [0.25, 0.3) is 0 Å². The number of amides is 1. The van der Waals surface area contributed by atoms with Crippen LogP contribution in [-0.4, -0.2) is 27.5 Å². The maximum Gasteiger partial charge on any atom is 0.251 e. The molecular formula is C25H26N2O5S. The summed E-state index contributed by atoms with van der Waals surface area (Å²) in [6, 6.07) is 20.6. The van der Waals surface area contributed by atoms with Crippen molar-refractivity contribution < 1.29 is 22.7 Å². The Balaban J connectivity index is 1.47. The van der Waals surface area contributed by atoms with Gasteiger partial charge in [-0.25, -0.2) is 13.1 Å². The van der Waals surface area contributed by atoms with E-state index in [1.807, 2.05) is 55.5 Å². The van der Waals surface area contributed by atoms with Crippen LogP contribution in [0.3, 0.4) is 0 Å². The lowest BCUT2D eigenvalue weighted by atomic mass is 10.0. The van der Waals surface area contributed by atoms with Crippen LogP contribution in [0.2, 0.25) is 0 Å². The third kappa shape index (κ3) is 5.53. The van der Waals surface area contributed by atoms with Crippen LogP contribution in [0, 0.1) is 0 Å². The summed E-state index contributed by atoms with van der Waals surface area (Å²) in [6.07, 6.45) is 0.655. The van der Waals surface area contributed by atoms with Crippen LogP contribution in [0.1, 0.15) is 40.9 Å². The average Bonchev–Trinajstić information content (AvgIpc) is 2.86. The van der Waals surface area contributed by atoms with Gasteiger partial charge in [-0.2, -0.15) is 0 Å². The fourth-order valence-electron chi connectivity index (χ4n) is 3.60. The monoisotopic (exact) mass is 466 g/mol. The molecule has 7 nitrogen and oxygen atoms in total. The van der Waals surface area contributed by atoms with Crippen molar-refractivity contribution in [3.63, 3.8) is 0 Å². The Kier molecular flexibility index (Phi) is 6.96. The molecule has 8 heteroatoms. The van der Waals surface area contributed by atoms with Crippen molar-refractivity contribution in [1.82, 2.24) is 10.0 Å². The normalized spacial score (nSPS) is 13.8. The zero-order valence-corrected chi connectivity index (χ0v) is 19.1. The van der Waals surface area contributed by atoms with E-state index in [0.717, 1.165) is 11.1 Å². The molecule has 1 aliphatic heterocycles. The van der Waals surface area contributed by atoms with Gasteiger partial charge in [0.2, 0.25) is 10.0 Å². The van der Waals surface area contributed by atoms with E-state index in [9.17, 15) is 13.2 Å². The molecule has 1 unspecified atom stereocenters. The van der Waals surface area contributed by atoms with Crippen molar-refractivity contribution in [3.8, 4) is 11.5 Å². The number of hydrogen-bond donors (Lipinski definition) is 2. The lowest BCUT2D eigenvalue weighted by Gasteiger charge is -2.22. The smallest absolute Gasteiger partial charge is 0.251 e. The summed E-state index contributed by atoms with van der Waals surface area (Å²) in [5, 5.41) is 2.99. The second-order valence-electron chi connectivity index (χ2n) is 7.68. The molecule has 3 aromatic rings. The molecule has 1 atom stereocenters. The Morgan fingerprint density at radius 1 is 0.939 bits per heavy atom. The van der Waals surface area contributed by atoms with Crippen molar-refractivity contribution >= 4 is 15.9 Å². The van der Waals surface area contributed by atoms with E-state index in [-0.39, 0.29) is 29.0 Å². The molecule has 3 aromatic carbocycles. The van der Waals surface area contributed by atoms with Gasteiger partial charge in [0.25, 0.3) is 5.91 Å². The molecule has 0 aliphatic carbocycles. The van der Waals surface area contributed by atoms with Gasteiger partial charge in [-0.1, -0.05) is 49.4 Å². The first-order valence-electron chi connectivity index (χ1n) is 10.8. The standard InChI is InChI=1S/C25H26N2O5S/c1-2-22(19-11-12-23-24(16-19)32-14-13-31-23)27-25(28)20-9-6-10-21(15-20)33(29,30)26-17-18-7-4-3-5-8-18/h3-12,15-16,22,26H,2,13-14,17H2,1H3,(H,27,28). The number of carbonyl (C=O) groups excluding carboxylic acids is 1. The molecule has 0 saturated heterocycles. The van der Waals surface area contributed by atoms with Crippen LogP contribution in [0.5, 0.6) is 11.5 Å². The van der Waals surface area contributed by atoms with E-state index in [1.165, 1.54) is 12.1 Å². The lowest BCUT2D eigenvalue weighted by molar-refractivity contribution is 0.0935. The van der Waals surface area contributed by atoms with Crippen molar-refractivity contribution in [2.24, 2.45) is 0 Å². The Morgan fingerprint density at radius 2 is 1.70 bits per heavy atom. The highest BCUT2D eigenvalue weighted by atomic mass is 32.2. The van der Waals surface area contributed by atoms with Crippen LogP contribution >= 0.6 is 0 Å². The first kappa shape index (κ1) is 22.8. The minimum absolute atomic E-state index is 0.0402. The molecular weight excluding hydrogens is 440 g/mol. The van der Waals surface area contributed by atoms with E-state index in [4.69, 9.17) is 9.47 Å². The Hall–Kier alpha value is -3.36. The zero-order chi connectivity index (χ0) is 23.3. The van der Waals surface area contributed by atoms with Crippen molar-refractivity contribution in [3.05, 3.63) is 89.5 Å². The van der Waals surface area contributed by atoms with Gasteiger partial charge in [0.05, 0.1) is 10.9 Å². The number of ether oxygens (including phenoxy) is 2. The van der Waals surface area contributed by atoms with Crippen molar-refractivity contribution in [2.45, 2.75) is 30.8 Å². The van der Waals surface area contributed by atoms with Gasteiger partial charge in [-0.15, -0.1) is 0 Å². The van der Waals surface area contributed by atoms with Crippen LogP contribution in [0.4, 0.5) is 0 Å². The second kappa shape index (κ2) is 10.1. The molecule has 0 saturated carbocycles. The third-order valence-corrected chi connectivity index (χ3v) is 6.80. The molecule has 0 bridgehead atoms. The number of nitrogens with one attached hydrogen (secondary N) is 2. The van der Waals surface area contributed by atoms with Gasteiger partial charge in [0, 0.05) is 12.1 Å². The molecule has 0 aromatic heterocycles. The van der Waals surface area contributed by atoms with Crippen LogP contribution in [0.15, 0.2) is 77.7 Å². The number of sulfonamides is 1. The number of carbonyl (C=O) groups is 1. The molecule has 2 N–H and O–H groups in total. The van der Waals surface area contributed by atoms with Gasteiger partial charge < -0.3 is 14.8 Å². The lowest BCUT2D eigenvalue weighted by Crippen LogP contribution is -2.29. The first-order valence-corrected chi connectivity index (χ1v) is 12.3. The van der Waals surface area contributed by atoms with Gasteiger partial charge in [-0.05, 0) is 47.9 Å². The Labute approximate surface area is 193 Å². The molecule has 0 spiro atoms. The summed E-state index contributed by atoms with van der Waals surface area (Å²) in [5.41, 5.74) is 2.01. The van der Waals surface area contributed by atoms with E-state index >= 15 is 0 Å². The summed E-state index contributed by atoms with van der Waals surface area (Å²) in [4.78, 5) is 13.0. The maximum absolute atomic E-state index is 13.0. The number of benzene rings is 3. The zero-order valence-electron chi connectivity index (χ0n) is 18.3. The van der Waals surface area contributed by atoms with E-state index in [1.54, 1.807) is 12.1 Å². The topological polar surface area (TPSA) is 93.7 Å². The molecule has 33 heavy (non-hydrogen) atoms. The quantitative estimate of drug-likeness (QED) is 0.527. The maximum atomic E-state index is 13.0. The number of hydrogen-bond acceptors (Lipinski definition) is 5. The van der Waals surface area contributed by atoms with Gasteiger partial charge in [0.1, 0.15) is 13.2 Å². The average molecular weight is 467 g/mol. The minimum atomic E-state index is -3.77. The molecule has 172 valence electrons. The van der Waals surface area contributed by atoms with Crippen molar-refractivity contribution in [2.75, 3.05) is 13.2 Å². The molecule has 1 amide bonds. The number of fused-ring (bicyclic) bond motifs is 1. The summed E-state index contributed by atoms with van der Waals surface area (Å²) in [5.74, 6) is 0.993. The van der Waals surface area contributed by atoms with Crippen LogP contribution < -0.4 is 19.5 Å². The summed E-state index contributed by atoms with van der Waals surface area (Å²) in [6.45, 7) is 3.14. The van der Waals surface area contributed by atoms with E-state index in [0.29, 0.717) is 31.1 Å².